The molecule has 1 N–H and O–H groups in total. The second-order valence-corrected chi connectivity index (χ2v) is 7.62. The zero-order valence-electron chi connectivity index (χ0n) is 17.5. The van der Waals surface area contributed by atoms with E-state index in [0.717, 1.165) is 29.8 Å². The fraction of sp³-hybridized carbons (Fsp3) is 0.318. The Balaban J connectivity index is 1.61. The summed E-state index contributed by atoms with van der Waals surface area (Å²) in [7, 11) is 3.20. The molecule has 1 aliphatic rings. The SMILES string of the molecule is COc1cc2nc([C@@H]3[C@@H](C)CCN3c3cc(F)c[c]c3-n3nccn3)[nH]c2cc1OC. The maximum Gasteiger partial charge on any atom is 0.163 e. The minimum absolute atomic E-state index is 0.0751. The van der Waals surface area contributed by atoms with Crippen LogP contribution in [0.25, 0.3) is 16.7 Å². The van der Waals surface area contributed by atoms with Gasteiger partial charge in [-0.25, -0.2) is 9.37 Å². The van der Waals surface area contributed by atoms with Crippen molar-refractivity contribution in [2.24, 2.45) is 5.92 Å². The summed E-state index contributed by atoms with van der Waals surface area (Å²) in [5.74, 6) is 2.00. The molecule has 0 unspecified atom stereocenters. The lowest BCUT2D eigenvalue weighted by Crippen LogP contribution is -2.27. The van der Waals surface area contributed by atoms with Gasteiger partial charge in [-0.15, -0.1) is 4.80 Å². The van der Waals surface area contributed by atoms with Crippen molar-refractivity contribution >= 4 is 16.7 Å². The van der Waals surface area contributed by atoms with Gasteiger partial charge >= 0.3 is 0 Å². The Morgan fingerprint density at radius 1 is 1.13 bits per heavy atom. The van der Waals surface area contributed by atoms with Crippen LogP contribution >= 0.6 is 0 Å². The molecule has 0 aliphatic carbocycles. The topological polar surface area (TPSA) is 81.1 Å². The van der Waals surface area contributed by atoms with E-state index in [2.05, 4.69) is 33.1 Å². The largest absolute Gasteiger partial charge is 0.493 e. The first-order valence-electron chi connectivity index (χ1n) is 10.0. The number of fused-ring (bicyclic) bond motifs is 1. The molecule has 4 aromatic rings. The van der Waals surface area contributed by atoms with Crippen LogP contribution in [0.15, 0.2) is 36.7 Å². The average molecular weight is 421 g/mol. The Bertz CT molecular complexity index is 1180. The fourth-order valence-corrected chi connectivity index (χ4v) is 4.29. The lowest BCUT2D eigenvalue weighted by atomic mass is 10.0. The molecule has 2 aromatic heterocycles. The average Bonchev–Trinajstić information content (AvgIpc) is 3.51. The van der Waals surface area contributed by atoms with Crippen LogP contribution in [0.5, 0.6) is 11.5 Å². The molecular formula is C22H22FN6O2. The van der Waals surface area contributed by atoms with Crippen molar-refractivity contribution < 1.29 is 13.9 Å². The number of nitrogens with one attached hydrogen (secondary N) is 1. The molecule has 159 valence electrons. The first-order valence-corrected chi connectivity index (χ1v) is 10.0. The number of nitrogens with zero attached hydrogens (tertiary/aromatic N) is 5. The number of methoxy groups -OCH3 is 2. The van der Waals surface area contributed by atoms with E-state index in [1.165, 1.54) is 16.9 Å². The monoisotopic (exact) mass is 421 g/mol. The second kappa shape index (κ2) is 7.57. The number of aromatic nitrogens is 5. The Hall–Kier alpha value is -3.62. The van der Waals surface area contributed by atoms with Gasteiger partial charge in [-0.05, 0) is 24.5 Å². The van der Waals surface area contributed by atoms with E-state index in [4.69, 9.17) is 14.5 Å². The Kier molecular flexibility index (Phi) is 4.72. The van der Waals surface area contributed by atoms with E-state index in [0.29, 0.717) is 28.8 Å². The Morgan fingerprint density at radius 3 is 2.61 bits per heavy atom. The number of benzene rings is 2. The van der Waals surface area contributed by atoms with Gasteiger partial charge in [0.25, 0.3) is 0 Å². The first kappa shape index (κ1) is 19.3. The maximum atomic E-state index is 14.2. The van der Waals surface area contributed by atoms with Gasteiger partial charge in [0.15, 0.2) is 11.5 Å². The van der Waals surface area contributed by atoms with Crippen molar-refractivity contribution in [2.45, 2.75) is 19.4 Å². The molecule has 2 atom stereocenters. The van der Waals surface area contributed by atoms with Crippen LogP contribution in [0, 0.1) is 17.8 Å². The van der Waals surface area contributed by atoms with E-state index < -0.39 is 0 Å². The van der Waals surface area contributed by atoms with Crippen molar-refractivity contribution in [3.05, 3.63) is 54.4 Å². The molecule has 2 aromatic carbocycles. The van der Waals surface area contributed by atoms with Gasteiger partial charge < -0.3 is 19.4 Å². The summed E-state index contributed by atoms with van der Waals surface area (Å²) in [5.41, 5.74) is 2.92. The van der Waals surface area contributed by atoms with Crippen LogP contribution in [0.1, 0.15) is 25.2 Å². The lowest BCUT2D eigenvalue weighted by molar-refractivity contribution is 0.356. The van der Waals surface area contributed by atoms with Gasteiger partial charge in [-0.1, -0.05) is 6.92 Å². The van der Waals surface area contributed by atoms with E-state index in [9.17, 15) is 4.39 Å². The predicted octanol–water partition coefficient (Wildman–Crippen LogP) is 3.69. The minimum atomic E-state index is -0.358. The molecule has 0 bridgehead atoms. The summed E-state index contributed by atoms with van der Waals surface area (Å²) >= 11 is 0. The number of rotatable bonds is 5. The molecule has 8 nitrogen and oxygen atoms in total. The third-order valence-electron chi connectivity index (χ3n) is 5.78. The Labute approximate surface area is 178 Å². The maximum absolute atomic E-state index is 14.2. The minimum Gasteiger partial charge on any atom is -0.493 e. The number of H-pyrrole nitrogens is 1. The van der Waals surface area contributed by atoms with Gasteiger partial charge in [0.05, 0.1) is 49.4 Å². The van der Waals surface area contributed by atoms with Crippen LogP contribution < -0.4 is 14.4 Å². The molecule has 31 heavy (non-hydrogen) atoms. The first-order chi connectivity index (χ1) is 15.1. The number of hydrogen-bond acceptors (Lipinski definition) is 6. The van der Waals surface area contributed by atoms with Gasteiger partial charge in [-0.3, -0.25) is 0 Å². The summed E-state index contributed by atoms with van der Waals surface area (Å²) in [4.78, 5) is 11.9. The molecule has 0 amide bonds. The number of halogens is 1. The highest BCUT2D eigenvalue weighted by Crippen LogP contribution is 2.42. The summed E-state index contributed by atoms with van der Waals surface area (Å²) < 4.78 is 25.1. The zero-order chi connectivity index (χ0) is 21.5. The molecular weight excluding hydrogens is 399 g/mol. The highest BCUT2D eigenvalue weighted by Gasteiger charge is 2.36. The van der Waals surface area contributed by atoms with Crippen molar-refractivity contribution in [1.29, 1.82) is 0 Å². The van der Waals surface area contributed by atoms with E-state index >= 15 is 0 Å². The van der Waals surface area contributed by atoms with Crippen LogP contribution in [0.4, 0.5) is 10.1 Å². The molecule has 3 heterocycles. The number of hydrogen-bond donors (Lipinski definition) is 1. The quantitative estimate of drug-likeness (QED) is 0.529. The van der Waals surface area contributed by atoms with Crippen molar-refractivity contribution in [3.63, 3.8) is 0 Å². The number of imidazole rings is 1. The van der Waals surface area contributed by atoms with Gasteiger partial charge in [0.2, 0.25) is 0 Å². The fourth-order valence-electron chi connectivity index (χ4n) is 4.29. The predicted molar refractivity (Wildman–Crippen MR) is 113 cm³/mol. The van der Waals surface area contributed by atoms with Crippen molar-refractivity contribution in [1.82, 2.24) is 25.0 Å². The third-order valence-corrected chi connectivity index (χ3v) is 5.78. The normalized spacial score (nSPS) is 18.6. The van der Waals surface area contributed by atoms with Crippen LogP contribution in [-0.4, -0.2) is 45.7 Å². The molecule has 5 rings (SSSR count). The summed E-state index contributed by atoms with van der Waals surface area (Å²) in [6.45, 7) is 2.93. The highest BCUT2D eigenvalue weighted by atomic mass is 19.1. The molecule has 1 saturated heterocycles. The van der Waals surface area contributed by atoms with E-state index in [1.807, 2.05) is 12.1 Å². The number of ether oxygens (including phenoxy) is 2. The summed E-state index contributed by atoms with van der Waals surface area (Å²) in [5, 5.41) is 8.42. The molecule has 1 aliphatic heterocycles. The lowest BCUT2D eigenvalue weighted by Gasteiger charge is -2.28. The van der Waals surface area contributed by atoms with E-state index in [-0.39, 0.29) is 11.9 Å². The molecule has 0 saturated carbocycles. The third kappa shape index (κ3) is 3.26. The van der Waals surface area contributed by atoms with Crippen molar-refractivity contribution in [3.8, 4) is 17.2 Å². The van der Waals surface area contributed by atoms with Crippen LogP contribution in [0.2, 0.25) is 0 Å². The smallest absolute Gasteiger partial charge is 0.163 e. The van der Waals surface area contributed by atoms with Gasteiger partial charge in [0, 0.05) is 24.7 Å². The highest BCUT2D eigenvalue weighted by molar-refractivity contribution is 5.80. The van der Waals surface area contributed by atoms with E-state index in [1.54, 1.807) is 26.6 Å². The molecule has 9 heteroatoms. The number of anilines is 1. The Morgan fingerprint density at radius 2 is 1.87 bits per heavy atom. The number of aromatic amines is 1. The van der Waals surface area contributed by atoms with Crippen molar-refractivity contribution in [2.75, 3.05) is 25.7 Å². The van der Waals surface area contributed by atoms with Gasteiger partial charge in [-0.2, -0.15) is 10.2 Å². The molecule has 1 fully saturated rings. The molecule has 0 spiro atoms. The summed E-state index contributed by atoms with van der Waals surface area (Å²) in [6.07, 6.45) is 4.12. The molecule has 1 radical (unpaired) electrons. The standard InChI is InChI=1S/C22H22FN6O2/c1-13-6-9-28(18-10-14(23)4-5-17(18)29-24-7-8-25-29)21(13)22-26-15-11-19(30-2)20(31-3)12-16(15)27-22/h4,7-8,10-13,21H,6,9H2,1-3H3,(H,26,27)/t13-,21-/m0/s1. The summed E-state index contributed by atoms with van der Waals surface area (Å²) in [6, 6.07) is 9.45. The second-order valence-electron chi connectivity index (χ2n) is 7.62. The zero-order valence-corrected chi connectivity index (χ0v) is 17.5. The van der Waals surface area contributed by atoms with Crippen LogP contribution in [0.3, 0.4) is 0 Å². The van der Waals surface area contributed by atoms with Gasteiger partial charge in [0.1, 0.15) is 17.3 Å². The van der Waals surface area contributed by atoms with Crippen LogP contribution in [-0.2, 0) is 0 Å².